The molecule has 2 aromatic rings. The van der Waals surface area contributed by atoms with E-state index in [0.717, 1.165) is 5.76 Å². The molecule has 0 spiro atoms. The Morgan fingerprint density at radius 1 is 1.53 bits per heavy atom. The molecule has 0 aromatic carbocycles. The summed E-state index contributed by atoms with van der Waals surface area (Å²) in [7, 11) is 1.88. The molecule has 0 fully saturated rings. The minimum atomic E-state index is -0.0907. The van der Waals surface area contributed by atoms with Gasteiger partial charge in [0.25, 0.3) is 5.91 Å². The topological polar surface area (TPSA) is 47.2 Å². The Bertz CT molecular complexity index is 443. The third-order valence-corrected chi connectivity index (χ3v) is 2.10. The van der Waals surface area contributed by atoms with Crippen LogP contribution in [0.2, 0.25) is 0 Å². The van der Waals surface area contributed by atoms with Crippen LogP contribution < -0.4 is 5.32 Å². The highest BCUT2D eigenvalue weighted by Crippen LogP contribution is 2.02. The van der Waals surface area contributed by atoms with Gasteiger partial charge in [0.1, 0.15) is 5.76 Å². The van der Waals surface area contributed by atoms with Crippen molar-refractivity contribution in [3.63, 3.8) is 0 Å². The standard InChI is InChI=1S/C11H12N2O2/c1-13-5-4-9(8-13)11(14)12-7-10-3-2-6-15-10/h2-6,8H,7H2,1H3,(H,12,14). The van der Waals surface area contributed by atoms with E-state index in [9.17, 15) is 4.79 Å². The quantitative estimate of drug-likeness (QED) is 0.824. The van der Waals surface area contributed by atoms with E-state index in [2.05, 4.69) is 5.32 Å². The van der Waals surface area contributed by atoms with Crippen molar-refractivity contribution >= 4 is 5.91 Å². The number of rotatable bonds is 3. The lowest BCUT2D eigenvalue weighted by Crippen LogP contribution is -2.22. The van der Waals surface area contributed by atoms with Crippen LogP contribution in [0.3, 0.4) is 0 Å². The summed E-state index contributed by atoms with van der Waals surface area (Å²) in [5, 5.41) is 2.77. The summed E-state index contributed by atoms with van der Waals surface area (Å²) < 4.78 is 6.94. The lowest BCUT2D eigenvalue weighted by atomic mass is 10.3. The first-order valence-corrected chi connectivity index (χ1v) is 4.68. The molecule has 15 heavy (non-hydrogen) atoms. The lowest BCUT2D eigenvalue weighted by molar-refractivity contribution is 0.0948. The van der Waals surface area contributed by atoms with Crippen LogP contribution in [-0.4, -0.2) is 10.5 Å². The number of furan rings is 1. The second-order valence-corrected chi connectivity index (χ2v) is 3.33. The summed E-state index contributed by atoms with van der Waals surface area (Å²) in [6, 6.07) is 5.40. The number of aryl methyl sites for hydroxylation is 1. The molecular weight excluding hydrogens is 192 g/mol. The van der Waals surface area contributed by atoms with Crippen LogP contribution in [0.15, 0.2) is 41.3 Å². The highest BCUT2D eigenvalue weighted by Gasteiger charge is 2.06. The predicted octanol–water partition coefficient (Wildman–Crippen LogP) is 1.55. The van der Waals surface area contributed by atoms with E-state index >= 15 is 0 Å². The summed E-state index contributed by atoms with van der Waals surface area (Å²) in [4.78, 5) is 11.6. The minimum absolute atomic E-state index is 0.0907. The van der Waals surface area contributed by atoms with Gasteiger partial charge >= 0.3 is 0 Å². The Morgan fingerprint density at radius 2 is 2.40 bits per heavy atom. The van der Waals surface area contributed by atoms with Gasteiger partial charge in [0.15, 0.2) is 0 Å². The molecule has 0 atom stereocenters. The number of carbonyl (C=O) groups excluding carboxylic acids is 1. The monoisotopic (exact) mass is 204 g/mol. The average molecular weight is 204 g/mol. The molecule has 0 aliphatic rings. The third kappa shape index (κ3) is 2.28. The van der Waals surface area contributed by atoms with E-state index in [1.165, 1.54) is 0 Å². The Kier molecular flexibility index (Phi) is 2.58. The number of nitrogens with one attached hydrogen (secondary N) is 1. The van der Waals surface area contributed by atoms with Crippen LogP contribution in [0.25, 0.3) is 0 Å². The first-order chi connectivity index (χ1) is 7.25. The zero-order valence-electron chi connectivity index (χ0n) is 8.43. The maximum absolute atomic E-state index is 11.6. The molecule has 2 rings (SSSR count). The highest BCUT2D eigenvalue weighted by atomic mass is 16.3. The van der Waals surface area contributed by atoms with Crippen molar-refractivity contribution in [2.24, 2.45) is 7.05 Å². The lowest BCUT2D eigenvalue weighted by Gasteiger charge is -2.00. The molecule has 0 aliphatic carbocycles. The van der Waals surface area contributed by atoms with Gasteiger partial charge in [-0.1, -0.05) is 0 Å². The van der Waals surface area contributed by atoms with Gasteiger partial charge in [-0.05, 0) is 18.2 Å². The van der Waals surface area contributed by atoms with Crippen molar-refractivity contribution in [1.82, 2.24) is 9.88 Å². The van der Waals surface area contributed by atoms with Gasteiger partial charge in [-0.15, -0.1) is 0 Å². The van der Waals surface area contributed by atoms with Crippen molar-refractivity contribution in [3.8, 4) is 0 Å². The second kappa shape index (κ2) is 4.04. The van der Waals surface area contributed by atoms with Gasteiger partial charge in [0.05, 0.1) is 18.4 Å². The second-order valence-electron chi connectivity index (χ2n) is 3.33. The van der Waals surface area contributed by atoms with Crippen LogP contribution in [-0.2, 0) is 13.6 Å². The summed E-state index contributed by atoms with van der Waals surface area (Å²) in [6.07, 6.45) is 5.20. The first kappa shape index (κ1) is 9.58. The molecule has 4 nitrogen and oxygen atoms in total. The first-order valence-electron chi connectivity index (χ1n) is 4.68. The Morgan fingerprint density at radius 3 is 3.00 bits per heavy atom. The molecule has 4 heteroatoms. The molecular formula is C11H12N2O2. The number of hydrogen-bond donors (Lipinski definition) is 1. The number of carbonyl (C=O) groups is 1. The largest absolute Gasteiger partial charge is 0.467 e. The summed E-state index contributed by atoms with van der Waals surface area (Å²) in [6.45, 7) is 0.417. The fourth-order valence-corrected chi connectivity index (χ4v) is 1.32. The average Bonchev–Trinajstić information content (AvgIpc) is 2.84. The molecule has 2 heterocycles. The molecule has 0 bridgehead atoms. The molecule has 2 aromatic heterocycles. The molecule has 0 aliphatic heterocycles. The van der Waals surface area contributed by atoms with Gasteiger partial charge in [0.2, 0.25) is 0 Å². The predicted molar refractivity (Wildman–Crippen MR) is 55.3 cm³/mol. The molecule has 1 amide bonds. The van der Waals surface area contributed by atoms with Gasteiger partial charge in [-0.2, -0.15) is 0 Å². The van der Waals surface area contributed by atoms with Crippen LogP contribution in [0.4, 0.5) is 0 Å². The summed E-state index contributed by atoms with van der Waals surface area (Å²) in [5.74, 6) is 0.659. The summed E-state index contributed by atoms with van der Waals surface area (Å²) >= 11 is 0. The van der Waals surface area contributed by atoms with Gasteiger partial charge < -0.3 is 14.3 Å². The maximum atomic E-state index is 11.6. The Labute approximate surface area is 87.5 Å². The van der Waals surface area contributed by atoms with Crippen molar-refractivity contribution in [2.75, 3.05) is 0 Å². The van der Waals surface area contributed by atoms with Crippen molar-refractivity contribution in [3.05, 3.63) is 48.2 Å². The van der Waals surface area contributed by atoms with Crippen LogP contribution in [0.5, 0.6) is 0 Å². The normalized spacial score (nSPS) is 10.2. The smallest absolute Gasteiger partial charge is 0.253 e. The molecule has 0 unspecified atom stereocenters. The Balaban J connectivity index is 1.93. The van der Waals surface area contributed by atoms with Crippen molar-refractivity contribution in [1.29, 1.82) is 0 Å². The Hall–Kier alpha value is -1.97. The summed E-state index contributed by atoms with van der Waals surface area (Å²) in [5.41, 5.74) is 0.657. The van der Waals surface area contributed by atoms with E-state index in [0.29, 0.717) is 12.1 Å². The number of aromatic nitrogens is 1. The van der Waals surface area contributed by atoms with Crippen molar-refractivity contribution in [2.45, 2.75) is 6.54 Å². The van der Waals surface area contributed by atoms with Gasteiger partial charge in [-0.3, -0.25) is 4.79 Å². The van der Waals surface area contributed by atoms with Crippen LogP contribution in [0, 0.1) is 0 Å². The van der Waals surface area contributed by atoms with Crippen LogP contribution >= 0.6 is 0 Å². The van der Waals surface area contributed by atoms with Crippen molar-refractivity contribution < 1.29 is 9.21 Å². The number of hydrogen-bond acceptors (Lipinski definition) is 2. The fourth-order valence-electron chi connectivity index (χ4n) is 1.32. The molecule has 78 valence electrons. The highest BCUT2D eigenvalue weighted by molar-refractivity contribution is 5.93. The van der Waals surface area contributed by atoms with E-state index in [1.54, 1.807) is 24.6 Å². The zero-order chi connectivity index (χ0) is 10.7. The molecule has 0 saturated heterocycles. The maximum Gasteiger partial charge on any atom is 0.253 e. The fraction of sp³-hybridized carbons (Fsp3) is 0.182. The minimum Gasteiger partial charge on any atom is -0.467 e. The SMILES string of the molecule is Cn1ccc(C(=O)NCc2ccco2)c1. The number of amides is 1. The molecule has 0 radical (unpaired) electrons. The van der Waals surface area contributed by atoms with Gasteiger partial charge in [-0.25, -0.2) is 0 Å². The van der Waals surface area contributed by atoms with E-state index < -0.39 is 0 Å². The van der Waals surface area contributed by atoms with E-state index in [4.69, 9.17) is 4.42 Å². The van der Waals surface area contributed by atoms with E-state index in [-0.39, 0.29) is 5.91 Å². The molecule has 1 N–H and O–H groups in total. The number of nitrogens with zero attached hydrogens (tertiary/aromatic N) is 1. The third-order valence-electron chi connectivity index (χ3n) is 2.10. The van der Waals surface area contributed by atoms with E-state index in [1.807, 2.05) is 23.9 Å². The van der Waals surface area contributed by atoms with Gasteiger partial charge in [0, 0.05) is 19.4 Å². The zero-order valence-corrected chi connectivity index (χ0v) is 8.43. The molecule has 0 saturated carbocycles. The van der Waals surface area contributed by atoms with Crippen LogP contribution in [0.1, 0.15) is 16.1 Å².